The normalized spacial score (nSPS) is 13.4. The molecule has 100 valence electrons. The average Bonchev–Trinajstić information content (AvgIpc) is 2.14. The molecule has 0 aliphatic rings. The number of hydrogen-bond donors (Lipinski definition) is 1. The molecular weight excluding hydrogens is 222 g/mol. The van der Waals surface area contributed by atoms with Crippen molar-refractivity contribution in [2.75, 3.05) is 0 Å². The van der Waals surface area contributed by atoms with Gasteiger partial charge >= 0.3 is 11.9 Å². The molecule has 17 heavy (non-hydrogen) atoms. The molecule has 0 fully saturated rings. The molecule has 1 atom stereocenters. The largest absolute Gasteiger partial charge is 0.460 e. The van der Waals surface area contributed by atoms with Crippen molar-refractivity contribution < 1.29 is 19.2 Å². The van der Waals surface area contributed by atoms with Gasteiger partial charge in [0.1, 0.15) is 5.60 Å². The fraction of sp³-hybridized carbons (Fsp3) is 0.833. The van der Waals surface area contributed by atoms with E-state index in [1.807, 2.05) is 34.6 Å². The zero-order valence-electron chi connectivity index (χ0n) is 11.3. The van der Waals surface area contributed by atoms with E-state index in [4.69, 9.17) is 10.6 Å². The Labute approximate surface area is 103 Å². The quantitative estimate of drug-likeness (QED) is 0.590. The maximum atomic E-state index is 11.9. The first-order valence-corrected chi connectivity index (χ1v) is 5.79. The third kappa shape index (κ3) is 6.94. The Morgan fingerprint density at radius 3 is 2.12 bits per heavy atom. The first kappa shape index (κ1) is 15.9. The molecular formula is C12H23NO4. The van der Waals surface area contributed by atoms with Gasteiger partial charge in [-0.2, -0.15) is 5.90 Å². The second-order valence-corrected chi connectivity index (χ2v) is 5.41. The molecule has 0 bridgehead atoms. The van der Waals surface area contributed by atoms with Crippen LogP contribution >= 0.6 is 0 Å². The van der Waals surface area contributed by atoms with Crippen LogP contribution in [0.4, 0.5) is 0 Å². The number of ether oxygens (including phenoxy) is 1. The van der Waals surface area contributed by atoms with Gasteiger partial charge in [0.2, 0.25) is 0 Å². The number of carbonyl (C=O) groups is 2. The first-order chi connectivity index (χ1) is 7.67. The molecule has 0 aliphatic heterocycles. The highest BCUT2D eigenvalue weighted by atomic mass is 16.7. The summed E-state index contributed by atoms with van der Waals surface area (Å²) < 4.78 is 5.30. The summed E-state index contributed by atoms with van der Waals surface area (Å²) in [5.74, 6) is 3.75. The van der Waals surface area contributed by atoms with Gasteiger partial charge in [-0.3, -0.25) is 9.59 Å². The molecule has 0 amide bonds. The van der Waals surface area contributed by atoms with E-state index in [-0.39, 0.29) is 24.2 Å². The molecule has 0 spiro atoms. The van der Waals surface area contributed by atoms with Gasteiger partial charge in [-0.15, -0.1) is 0 Å². The lowest BCUT2D eigenvalue weighted by Crippen LogP contribution is -2.31. The minimum absolute atomic E-state index is 0.107. The molecule has 0 radical (unpaired) electrons. The predicted octanol–water partition coefficient (Wildman–Crippen LogP) is 1.80. The zero-order valence-corrected chi connectivity index (χ0v) is 11.3. The molecule has 0 aromatic carbocycles. The van der Waals surface area contributed by atoms with Crippen LogP contribution in [0, 0.1) is 11.8 Å². The topological polar surface area (TPSA) is 78.6 Å². The van der Waals surface area contributed by atoms with E-state index in [0.29, 0.717) is 6.42 Å². The molecule has 2 N–H and O–H groups in total. The Morgan fingerprint density at radius 2 is 1.76 bits per heavy atom. The SMILES string of the molecule is CC(C)C(CCC(=O)ON)C(=O)OC(C)(C)C. The first-order valence-electron chi connectivity index (χ1n) is 5.79. The fourth-order valence-corrected chi connectivity index (χ4v) is 1.43. The van der Waals surface area contributed by atoms with Crippen LogP contribution in [0.1, 0.15) is 47.5 Å². The van der Waals surface area contributed by atoms with Crippen molar-refractivity contribution >= 4 is 11.9 Å². The third-order valence-corrected chi connectivity index (χ3v) is 2.31. The minimum atomic E-state index is -0.515. The van der Waals surface area contributed by atoms with Crippen LogP contribution < -0.4 is 5.90 Å². The van der Waals surface area contributed by atoms with Crippen LogP contribution in [-0.2, 0) is 19.2 Å². The maximum absolute atomic E-state index is 11.9. The molecule has 5 heteroatoms. The van der Waals surface area contributed by atoms with Gasteiger partial charge < -0.3 is 9.57 Å². The molecule has 0 saturated carbocycles. The van der Waals surface area contributed by atoms with E-state index in [2.05, 4.69) is 4.84 Å². The minimum Gasteiger partial charge on any atom is -0.460 e. The number of esters is 1. The molecule has 0 aromatic heterocycles. The summed E-state index contributed by atoms with van der Waals surface area (Å²) in [6.07, 6.45) is 0.515. The lowest BCUT2D eigenvalue weighted by molar-refractivity contribution is -0.162. The maximum Gasteiger partial charge on any atom is 0.324 e. The van der Waals surface area contributed by atoms with Gasteiger partial charge in [-0.05, 0) is 33.1 Å². The van der Waals surface area contributed by atoms with Gasteiger partial charge in [-0.25, -0.2) is 0 Å². The zero-order chi connectivity index (χ0) is 13.6. The smallest absolute Gasteiger partial charge is 0.324 e. The Bertz CT molecular complexity index is 268. The highest BCUT2D eigenvalue weighted by Gasteiger charge is 2.28. The van der Waals surface area contributed by atoms with E-state index in [0.717, 1.165) is 0 Å². The number of hydrogen-bond acceptors (Lipinski definition) is 5. The lowest BCUT2D eigenvalue weighted by Gasteiger charge is -2.25. The summed E-state index contributed by atoms with van der Waals surface area (Å²) in [6, 6.07) is 0. The summed E-state index contributed by atoms with van der Waals surface area (Å²) in [5.41, 5.74) is -0.515. The van der Waals surface area contributed by atoms with E-state index < -0.39 is 11.6 Å². The summed E-state index contributed by atoms with van der Waals surface area (Å²) in [6.45, 7) is 9.29. The van der Waals surface area contributed by atoms with E-state index in [1.165, 1.54) is 0 Å². The van der Waals surface area contributed by atoms with Crippen molar-refractivity contribution in [3.8, 4) is 0 Å². The van der Waals surface area contributed by atoms with Gasteiger partial charge in [0.25, 0.3) is 0 Å². The summed E-state index contributed by atoms with van der Waals surface area (Å²) in [7, 11) is 0. The summed E-state index contributed by atoms with van der Waals surface area (Å²) >= 11 is 0. The number of nitrogens with two attached hydrogens (primary N) is 1. The van der Waals surface area contributed by atoms with Crippen LogP contribution in [0.15, 0.2) is 0 Å². The van der Waals surface area contributed by atoms with Crippen molar-refractivity contribution in [1.29, 1.82) is 0 Å². The van der Waals surface area contributed by atoms with E-state index in [1.54, 1.807) is 0 Å². The van der Waals surface area contributed by atoms with Crippen LogP contribution in [0.25, 0.3) is 0 Å². The lowest BCUT2D eigenvalue weighted by atomic mass is 9.91. The fourth-order valence-electron chi connectivity index (χ4n) is 1.43. The predicted molar refractivity (Wildman–Crippen MR) is 63.7 cm³/mol. The third-order valence-electron chi connectivity index (χ3n) is 2.31. The molecule has 1 unspecified atom stereocenters. The highest BCUT2D eigenvalue weighted by molar-refractivity contribution is 5.75. The second kappa shape index (κ2) is 6.59. The van der Waals surface area contributed by atoms with E-state index >= 15 is 0 Å². The summed E-state index contributed by atoms with van der Waals surface area (Å²) in [4.78, 5) is 26.9. The molecule has 0 rings (SSSR count). The van der Waals surface area contributed by atoms with Gasteiger partial charge in [0, 0.05) is 6.42 Å². The van der Waals surface area contributed by atoms with Crippen LogP contribution in [0.5, 0.6) is 0 Å². The number of carbonyl (C=O) groups excluding carboxylic acids is 2. The Hall–Kier alpha value is -1.10. The molecule has 0 heterocycles. The average molecular weight is 245 g/mol. The molecule has 0 saturated heterocycles. The molecule has 0 aromatic rings. The van der Waals surface area contributed by atoms with Crippen LogP contribution in [-0.4, -0.2) is 17.5 Å². The number of rotatable bonds is 5. The van der Waals surface area contributed by atoms with Crippen molar-refractivity contribution in [3.63, 3.8) is 0 Å². The van der Waals surface area contributed by atoms with E-state index in [9.17, 15) is 9.59 Å². The highest BCUT2D eigenvalue weighted by Crippen LogP contribution is 2.22. The standard InChI is InChI=1S/C12H23NO4/c1-8(2)9(6-7-10(14)17-13)11(15)16-12(3,4)5/h8-9H,6-7,13H2,1-5H3. The van der Waals surface area contributed by atoms with Crippen LogP contribution in [0.2, 0.25) is 0 Å². The summed E-state index contributed by atoms with van der Waals surface area (Å²) in [5, 5.41) is 0. The van der Waals surface area contributed by atoms with Crippen molar-refractivity contribution in [2.45, 2.75) is 53.1 Å². The van der Waals surface area contributed by atoms with Gasteiger partial charge in [0.05, 0.1) is 5.92 Å². The van der Waals surface area contributed by atoms with Crippen molar-refractivity contribution in [1.82, 2.24) is 0 Å². The molecule has 5 nitrogen and oxygen atoms in total. The molecule has 0 aliphatic carbocycles. The Kier molecular flexibility index (Phi) is 6.16. The van der Waals surface area contributed by atoms with Crippen LogP contribution in [0.3, 0.4) is 0 Å². The van der Waals surface area contributed by atoms with Gasteiger partial charge in [-0.1, -0.05) is 13.8 Å². The Balaban J connectivity index is 4.42. The van der Waals surface area contributed by atoms with Gasteiger partial charge in [0.15, 0.2) is 0 Å². The Morgan fingerprint density at radius 1 is 1.24 bits per heavy atom. The monoisotopic (exact) mass is 245 g/mol. The van der Waals surface area contributed by atoms with Crippen molar-refractivity contribution in [2.24, 2.45) is 17.7 Å². The van der Waals surface area contributed by atoms with Crippen molar-refractivity contribution in [3.05, 3.63) is 0 Å². The second-order valence-electron chi connectivity index (χ2n) is 5.41.